The standard InChI is InChI=1S/C14H8F3NOS/c15-14(16,17)10-4-1-3-9(7-10)11(8-18)13(19)12-5-2-6-20-12/h1-7,11H. The Morgan fingerprint density at radius 3 is 2.55 bits per heavy atom. The molecular weight excluding hydrogens is 287 g/mol. The predicted molar refractivity (Wildman–Crippen MR) is 68.4 cm³/mol. The first kappa shape index (κ1) is 14.3. The van der Waals surface area contributed by atoms with Gasteiger partial charge in [0.2, 0.25) is 0 Å². The summed E-state index contributed by atoms with van der Waals surface area (Å²) in [4.78, 5) is 12.5. The molecule has 6 heteroatoms. The summed E-state index contributed by atoms with van der Waals surface area (Å²) in [5.74, 6) is -1.71. The minimum absolute atomic E-state index is 0.0562. The van der Waals surface area contributed by atoms with Crippen molar-refractivity contribution in [2.45, 2.75) is 12.1 Å². The second-order valence-electron chi connectivity index (χ2n) is 4.03. The largest absolute Gasteiger partial charge is 0.416 e. The molecule has 0 bridgehead atoms. The third-order valence-corrected chi connectivity index (χ3v) is 3.59. The number of hydrogen-bond donors (Lipinski definition) is 0. The van der Waals surface area contributed by atoms with Crippen LogP contribution in [0.4, 0.5) is 13.2 Å². The van der Waals surface area contributed by atoms with Crippen LogP contribution < -0.4 is 0 Å². The van der Waals surface area contributed by atoms with E-state index >= 15 is 0 Å². The van der Waals surface area contributed by atoms with Crippen LogP contribution in [0.1, 0.15) is 26.7 Å². The lowest BCUT2D eigenvalue weighted by Gasteiger charge is -2.11. The fourth-order valence-corrected chi connectivity index (χ4v) is 2.43. The van der Waals surface area contributed by atoms with Gasteiger partial charge in [-0.1, -0.05) is 24.3 Å². The second-order valence-corrected chi connectivity index (χ2v) is 4.97. The normalized spacial score (nSPS) is 12.7. The van der Waals surface area contributed by atoms with E-state index in [9.17, 15) is 18.0 Å². The maximum absolute atomic E-state index is 12.6. The van der Waals surface area contributed by atoms with Crippen molar-refractivity contribution in [3.05, 3.63) is 57.8 Å². The van der Waals surface area contributed by atoms with Gasteiger partial charge >= 0.3 is 6.18 Å². The number of nitriles is 1. The van der Waals surface area contributed by atoms with Gasteiger partial charge in [-0.05, 0) is 23.1 Å². The van der Waals surface area contributed by atoms with E-state index < -0.39 is 23.4 Å². The summed E-state index contributed by atoms with van der Waals surface area (Å²) in [6.45, 7) is 0. The number of rotatable bonds is 3. The molecule has 1 unspecified atom stereocenters. The van der Waals surface area contributed by atoms with Crippen molar-refractivity contribution in [2.75, 3.05) is 0 Å². The summed E-state index contributed by atoms with van der Waals surface area (Å²) < 4.78 is 37.9. The molecule has 0 aliphatic rings. The molecule has 0 saturated carbocycles. The number of nitrogens with zero attached hydrogens (tertiary/aromatic N) is 1. The molecule has 20 heavy (non-hydrogen) atoms. The van der Waals surface area contributed by atoms with Gasteiger partial charge in [0, 0.05) is 0 Å². The first-order chi connectivity index (χ1) is 9.43. The van der Waals surface area contributed by atoms with Crippen LogP contribution in [-0.4, -0.2) is 5.78 Å². The molecule has 0 saturated heterocycles. The third kappa shape index (κ3) is 2.89. The first-order valence-corrected chi connectivity index (χ1v) is 6.46. The van der Waals surface area contributed by atoms with E-state index in [1.165, 1.54) is 12.1 Å². The lowest BCUT2D eigenvalue weighted by atomic mass is 9.94. The third-order valence-electron chi connectivity index (χ3n) is 2.70. The predicted octanol–water partition coefficient (Wildman–Crippen LogP) is 4.26. The van der Waals surface area contributed by atoms with Crippen molar-refractivity contribution in [3.8, 4) is 6.07 Å². The van der Waals surface area contributed by atoms with Crippen LogP contribution in [0.3, 0.4) is 0 Å². The lowest BCUT2D eigenvalue weighted by molar-refractivity contribution is -0.137. The van der Waals surface area contributed by atoms with Gasteiger partial charge in [0.25, 0.3) is 0 Å². The maximum Gasteiger partial charge on any atom is 0.416 e. The highest BCUT2D eigenvalue weighted by molar-refractivity contribution is 7.12. The maximum atomic E-state index is 12.6. The van der Waals surface area contributed by atoms with E-state index in [4.69, 9.17) is 5.26 Å². The fourth-order valence-electron chi connectivity index (χ4n) is 1.74. The summed E-state index contributed by atoms with van der Waals surface area (Å²) in [5.41, 5.74) is -0.810. The van der Waals surface area contributed by atoms with Crippen molar-refractivity contribution in [2.24, 2.45) is 0 Å². The summed E-state index contributed by atoms with van der Waals surface area (Å²) in [6, 6.07) is 9.28. The smallest absolute Gasteiger partial charge is 0.291 e. The molecule has 1 aromatic heterocycles. The van der Waals surface area contributed by atoms with Crippen molar-refractivity contribution in [1.29, 1.82) is 5.26 Å². The van der Waals surface area contributed by atoms with Crippen LogP contribution in [0.5, 0.6) is 0 Å². The van der Waals surface area contributed by atoms with E-state index in [-0.39, 0.29) is 5.56 Å². The highest BCUT2D eigenvalue weighted by Crippen LogP contribution is 2.32. The molecule has 1 heterocycles. The Balaban J connectivity index is 2.39. The Bertz CT molecular complexity index is 656. The molecule has 2 aromatic rings. The molecular formula is C14H8F3NOS. The van der Waals surface area contributed by atoms with Gasteiger partial charge in [0.1, 0.15) is 5.92 Å². The first-order valence-electron chi connectivity index (χ1n) is 5.58. The number of hydrogen-bond acceptors (Lipinski definition) is 3. The zero-order chi connectivity index (χ0) is 14.8. The Morgan fingerprint density at radius 1 is 1.25 bits per heavy atom. The minimum Gasteiger partial charge on any atom is -0.291 e. The molecule has 2 nitrogen and oxygen atoms in total. The number of alkyl halides is 3. The summed E-state index contributed by atoms with van der Waals surface area (Å²) >= 11 is 1.16. The number of benzene rings is 1. The average molecular weight is 295 g/mol. The molecule has 0 aliphatic carbocycles. The molecule has 1 aromatic carbocycles. The van der Waals surface area contributed by atoms with E-state index in [0.717, 1.165) is 23.5 Å². The zero-order valence-corrected chi connectivity index (χ0v) is 10.8. The van der Waals surface area contributed by atoms with Crippen LogP contribution in [0.2, 0.25) is 0 Å². The van der Waals surface area contributed by atoms with E-state index in [1.54, 1.807) is 23.6 Å². The van der Waals surface area contributed by atoms with Gasteiger partial charge in [0.15, 0.2) is 5.78 Å². The fraction of sp³-hybridized carbons (Fsp3) is 0.143. The van der Waals surface area contributed by atoms with Gasteiger partial charge in [-0.3, -0.25) is 4.79 Å². The van der Waals surface area contributed by atoms with Crippen molar-refractivity contribution >= 4 is 17.1 Å². The quantitative estimate of drug-likeness (QED) is 0.794. The van der Waals surface area contributed by atoms with Crippen molar-refractivity contribution < 1.29 is 18.0 Å². The van der Waals surface area contributed by atoms with Crippen LogP contribution in [0.25, 0.3) is 0 Å². The molecule has 0 radical (unpaired) electrons. The number of carbonyl (C=O) groups is 1. The van der Waals surface area contributed by atoms with Crippen molar-refractivity contribution in [3.63, 3.8) is 0 Å². The Kier molecular flexibility index (Phi) is 3.91. The van der Waals surface area contributed by atoms with Crippen molar-refractivity contribution in [1.82, 2.24) is 0 Å². The van der Waals surface area contributed by atoms with Crippen LogP contribution in [-0.2, 0) is 6.18 Å². The molecule has 0 spiro atoms. The van der Waals surface area contributed by atoms with Crippen LogP contribution in [0.15, 0.2) is 41.8 Å². The zero-order valence-electron chi connectivity index (χ0n) is 10.0. The highest BCUT2D eigenvalue weighted by atomic mass is 32.1. The molecule has 0 N–H and O–H groups in total. The van der Waals surface area contributed by atoms with E-state index in [0.29, 0.717) is 4.88 Å². The highest BCUT2D eigenvalue weighted by Gasteiger charge is 2.32. The number of halogens is 3. The Morgan fingerprint density at radius 2 is 2.00 bits per heavy atom. The second kappa shape index (κ2) is 5.47. The minimum atomic E-state index is -4.50. The molecule has 0 aliphatic heterocycles. The van der Waals surface area contributed by atoms with Crippen LogP contribution in [0, 0.1) is 11.3 Å². The Hall–Kier alpha value is -2.13. The van der Waals surface area contributed by atoms with E-state index in [2.05, 4.69) is 0 Å². The monoisotopic (exact) mass is 295 g/mol. The molecule has 0 amide bonds. The lowest BCUT2D eigenvalue weighted by Crippen LogP contribution is -2.12. The number of ketones is 1. The SMILES string of the molecule is N#CC(C(=O)c1cccs1)c1cccc(C(F)(F)F)c1. The van der Waals surface area contributed by atoms with Gasteiger partial charge in [-0.2, -0.15) is 18.4 Å². The molecule has 0 fully saturated rings. The van der Waals surface area contributed by atoms with E-state index in [1.807, 2.05) is 0 Å². The number of thiophene rings is 1. The van der Waals surface area contributed by atoms with Gasteiger partial charge in [-0.25, -0.2) is 0 Å². The number of Topliss-reactive ketones (excluding diaryl/α,β-unsaturated/α-hetero) is 1. The van der Waals surface area contributed by atoms with Gasteiger partial charge in [-0.15, -0.1) is 11.3 Å². The summed E-state index contributed by atoms with van der Waals surface area (Å²) in [7, 11) is 0. The molecule has 1 atom stereocenters. The number of carbonyl (C=O) groups excluding carboxylic acids is 1. The Labute approximate surface area is 117 Å². The average Bonchev–Trinajstić information content (AvgIpc) is 2.93. The van der Waals surface area contributed by atoms with Gasteiger partial charge in [0.05, 0.1) is 16.5 Å². The van der Waals surface area contributed by atoms with Gasteiger partial charge < -0.3 is 0 Å². The summed E-state index contributed by atoms with van der Waals surface area (Å²) in [6.07, 6.45) is -4.50. The van der Waals surface area contributed by atoms with Crippen LogP contribution >= 0.6 is 11.3 Å². The summed E-state index contributed by atoms with van der Waals surface area (Å²) in [5, 5.41) is 10.8. The molecule has 2 rings (SSSR count). The molecule has 102 valence electrons. The topological polar surface area (TPSA) is 40.9 Å².